The summed E-state index contributed by atoms with van der Waals surface area (Å²) in [5.41, 5.74) is 6.51. The molecule has 4 nitrogen and oxygen atoms in total. The van der Waals surface area contributed by atoms with Crippen molar-refractivity contribution in [1.29, 1.82) is 0 Å². The van der Waals surface area contributed by atoms with E-state index >= 15 is 0 Å². The summed E-state index contributed by atoms with van der Waals surface area (Å²) in [6, 6.07) is 1.57. The molecular weight excluding hydrogens is 204 g/mol. The van der Waals surface area contributed by atoms with Gasteiger partial charge in [-0.15, -0.1) is 0 Å². The van der Waals surface area contributed by atoms with Crippen molar-refractivity contribution in [3.05, 3.63) is 22.3 Å². The highest BCUT2D eigenvalue weighted by atomic mass is 35.5. The van der Waals surface area contributed by atoms with Gasteiger partial charge in [0.1, 0.15) is 16.5 Å². The van der Waals surface area contributed by atoms with E-state index in [1.807, 2.05) is 0 Å². The predicted molar refractivity (Wildman–Crippen MR) is 54.4 cm³/mol. The van der Waals surface area contributed by atoms with E-state index in [4.69, 9.17) is 22.1 Å². The normalized spacial score (nSPS) is 9.93. The Morgan fingerprint density at radius 1 is 1.71 bits per heavy atom. The number of nitrogen functional groups attached to an aromatic ring is 1. The van der Waals surface area contributed by atoms with E-state index in [-0.39, 0.29) is 16.5 Å². The summed E-state index contributed by atoms with van der Waals surface area (Å²) in [5.74, 6) is -0.361. The van der Waals surface area contributed by atoms with Crippen molar-refractivity contribution in [2.24, 2.45) is 0 Å². The van der Waals surface area contributed by atoms with Crippen LogP contribution in [0.5, 0.6) is 0 Å². The Kier molecular flexibility index (Phi) is 3.30. The van der Waals surface area contributed by atoms with Crippen molar-refractivity contribution >= 4 is 23.4 Å². The molecule has 0 aliphatic heterocycles. The van der Waals surface area contributed by atoms with Crippen molar-refractivity contribution < 1.29 is 9.53 Å². The van der Waals surface area contributed by atoms with E-state index in [1.165, 1.54) is 0 Å². The number of halogens is 1. The first kappa shape index (κ1) is 10.8. The maximum atomic E-state index is 11.4. The second-order valence-corrected chi connectivity index (χ2v) is 3.13. The molecule has 0 radical (unpaired) electrons. The average molecular weight is 215 g/mol. The SMILES string of the molecule is CCOC(=O)c1c(C)cc(Cl)nc1N. The number of anilines is 1. The topological polar surface area (TPSA) is 65.2 Å². The lowest BCUT2D eigenvalue weighted by Crippen LogP contribution is -2.11. The van der Waals surface area contributed by atoms with Gasteiger partial charge in [-0.1, -0.05) is 11.6 Å². The minimum absolute atomic E-state index is 0.105. The van der Waals surface area contributed by atoms with Gasteiger partial charge in [0.2, 0.25) is 0 Å². The smallest absolute Gasteiger partial charge is 0.342 e. The number of nitrogens with zero attached hydrogens (tertiary/aromatic N) is 1. The molecule has 14 heavy (non-hydrogen) atoms. The van der Waals surface area contributed by atoms with E-state index in [0.29, 0.717) is 12.2 Å². The lowest BCUT2D eigenvalue weighted by Gasteiger charge is -2.07. The number of carbonyl (C=O) groups excluding carboxylic acids is 1. The van der Waals surface area contributed by atoms with Gasteiger partial charge >= 0.3 is 5.97 Å². The second kappa shape index (κ2) is 4.28. The summed E-state index contributed by atoms with van der Waals surface area (Å²) >= 11 is 5.66. The van der Waals surface area contributed by atoms with E-state index < -0.39 is 5.97 Å². The van der Waals surface area contributed by atoms with E-state index in [2.05, 4.69) is 4.98 Å². The predicted octanol–water partition coefficient (Wildman–Crippen LogP) is 1.80. The van der Waals surface area contributed by atoms with Crippen LogP contribution in [0.1, 0.15) is 22.8 Å². The van der Waals surface area contributed by atoms with Gasteiger partial charge in [-0.25, -0.2) is 9.78 Å². The number of rotatable bonds is 2. The van der Waals surface area contributed by atoms with Crippen molar-refractivity contribution in [3.8, 4) is 0 Å². The molecule has 0 spiro atoms. The number of ether oxygens (including phenoxy) is 1. The third-order valence-electron chi connectivity index (χ3n) is 1.69. The molecule has 1 aromatic heterocycles. The number of hydrogen-bond acceptors (Lipinski definition) is 4. The molecule has 0 aliphatic rings. The van der Waals surface area contributed by atoms with Gasteiger partial charge in [-0.2, -0.15) is 0 Å². The fraction of sp³-hybridized carbons (Fsp3) is 0.333. The van der Waals surface area contributed by atoms with Crippen LogP contribution in [0.2, 0.25) is 5.15 Å². The number of esters is 1. The molecule has 0 saturated carbocycles. The zero-order valence-corrected chi connectivity index (χ0v) is 8.76. The minimum Gasteiger partial charge on any atom is -0.462 e. The molecule has 76 valence electrons. The lowest BCUT2D eigenvalue weighted by atomic mass is 10.1. The highest BCUT2D eigenvalue weighted by Gasteiger charge is 2.15. The Labute approximate surface area is 87.0 Å². The summed E-state index contributed by atoms with van der Waals surface area (Å²) in [7, 11) is 0. The number of nitrogens with two attached hydrogens (primary N) is 1. The summed E-state index contributed by atoms with van der Waals surface area (Å²) < 4.78 is 4.83. The minimum atomic E-state index is -0.466. The van der Waals surface area contributed by atoms with Crippen LogP contribution in [-0.2, 0) is 4.74 Å². The molecule has 1 rings (SSSR count). The van der Waals surface area contributed by atoms with Crippen molar-refractivity contribution in [3.63, 3.8) is 0 Å². The van der Waals surface area contributed by atoms with Crippen molar-refractivity contribution in [2.45, 2.75) is 13.8 Å². The van der Waals surface area contributed by atoms with Crippen LogP contribution in [0, 0.1) is 6.92 Å². The summed E-state index contributed by atoms with van der Waals surface area (Å²) in [6.07, 6.45) is 0. The van der Waals surface area contributed by atoms with Crippen LogP contribution < -0.4 is 5.73 Å². The molecule has 1 heterocycles. The second-order valence-electron chi connectivity index (χ2n) is 2.74. The van der Waals surface area contributed by atoms with E-state index in [1.54, 1.807) is 19.9 Å². The first-order valence-corrected chi connectivity index (χ1v) is 4.53. The molecule has 1 aromatic rings. The standard InChI is InChI=1S/C9H11ClN2O2/c1-3-14-9(13)7-5(2)4-6(10)12-8(7)11/h4H,3H2,1-2H3,(H2,11,12). The number of pyridine rings is 1. The molecule has 0 fully saturated rings. The monoisotopic (exact) mass is 214 g/mol. The van der Waals surface area contributed by atoms with Crippen LogP contribution in [0.3, 0.4) is 0 Å². The molecule has 0 bridgehead atoms. The average Bonchev–Trinajstić information content (AvgIpc) is 2.01. The summed E-state index contributed by atoms with van der Waals surface area (Å²) in [6.45, 7) is 3.77. The number of carbonyl (C=O) groups is 1. The molecule has 0 amide bonds. The zero-order valence-electron chi connectivity index (χ0n) is 8.00. The van der Waals surface area contributed by atoms with Crippen LogP contribution in [0.25, 0.3) is 0 Å². The largest absolute Gasteiger partial charge is 0.462 e. The summed E-state index contributed by atoms with van der Waals surface area (Å²) in [5, 5.41) is 0.271. The van der Waals surface area contributed by atoms with Gasteiger partial charge in [-0.05, 0) is 25.5 Å². The molecule has 0 unspecified atom stereocenters. The van der Waals surface area contributed by atoms with E-state index in [0.717, 1.165) is 0 Å². The van der Waals surface area contributed by atoms with Gasteiger partial charge < -0.3 is 10.5 Å². The van der Waals surface area contributed by atoms with Gasteiger partial charge in [0, 0.05) is 0 Å². The van der Waals surface area contributed by atoms with Gasteiger partial charge in [0.25, 0.3) is 0 Å². The number of aryl methyl sites for hydroxylation is 1. The molecule has 5 heteroatoms. The van der Waals surface area contributed by atoms with Crippen LogP contribution in [0.4, 0.5) is 5.82 Å². The van der Waals surface area contributed by atoms with Crippen molar-refractivity contribution in [2.75, 3.05) is 12.3 Å². The highest BCUT2D eigenvalue weighted by molar-refractivity contribution is 6.29. The molecule has 0 aliphatic carbocycles. The fourth-order valence-electron chi connectivity index (χ4n) is 1.12. The lowest BCUT2D eigenvalue weighted by molar-refractivity contribution is 0.0526. The Morgan fingerprint density at radius 2 is 2.36 bits per heavy atom. The van der Waals surface area contributed by atoms with Crippen LogP contribution >= 0.6 is 11.6 Å². The maximum absolute atomic E-state index is 11.4. The Bertz CT molecular complexity index is 343. The molecule has 0 atom stereocenters. The Morgan fingerprint density at radius 3 is 2.86 bits per heavy atom. The fourth-order valence-corrected chi connectivity index (χ4v) is 1.38. The molecule has 0 saturated heterocycles. The van der Waals surface area contributed by atoms with Crippen LogP contribution in [0.15, 0.2) is 6.07 Å². The number of hydrogen-bond donors (Lipinski definition) is 1. The van der Waals surface area contributed by atoms with Gasteiger partial charge in [-0.3, -0.25) is 0 Å². The Hall–Kier alpha value is -1.29. The van der Waals surface area contributed by atoms with Gasteiger partial charge in [0.15, 0.2) is 0 Å². The third kappa shape index (κ3) is 2.14. The van der Waals surface area contributed by atoms with Gasteiger partial charge in [0.05, 0.1) is 6.61 Å². The first-order chi connectivity index (χ1) is 6.56. The van der Waals surface area contributed by atoms with Crippen LogP contribution in [-0.4, -0.2) is 17.6 Å². The van der Waals surface area contributed by atoms with Crippen molar-refractivity contribution in [1.82, 2.24) is 4.98 Å². The molecular formula is C9H11ClN2O2. The first-order valence-electron chi connectivity index (χ1n) is 4.16. The van der Waals surface area contributed by atoms with E-state index in [9.17, 15) is 4.79 Å². The molecule has 2 N–H and O–H groups in total. The Balaban J connectivity index is 3.14. The molecule has 0 aromatic carbocycles. The number of aromatic nitrogens is 1. The zero-order chi connectivity index (χ0) is 10.7. The quantitative estimate of drug-likeness (QED) is 0.602. The highest BCUT2D eigenvalue weighted by Crippen LogP contribution is 2.19. The maximum Gasteiger partial charge on any atom is 0.342 e. The summed E-state index contributed by atoms with van der Waals surface area (Å²) in [4.78, 5) is 15.2. The third-order valence-corrected chi connectivity index (χ3v) is 1.89.